The average Bonchev–Trinajstić information content (AvgIpc) is 2.87. The number of hydrogen-bond acceptors (Lipinski definition) is 2. The van der Waals surface area contributed by atoms with Gasteiger partial charge in [-0.25, -0.2) is 0 Å². The van der Waals surface area contributed by atoms with E-state index in [4.69, 9.17) is 11.6 Å². The lowest BCUT2D eigenvalue weighted by Gasteiger charge is -2.18. The van der Waals surface area contributed by atoms with E-state index in [1.54, 1.807) is 6.20 Å². The van der Waals surface area contributed by atoms with Crippen molar-refractivity contribution in [3.8, 4) is 0 Å². The Kier molecular flexibility index (Phi) is 2.97. The molecule has 88 valence electrons. The van der Waals surface area contributed by atoms with E-state index < -0.39 is 0 Å². The van der Waals surface area contributed by atoms with Gasteiger partial charge in [0.05, 0.1) is 10.5 Å². The molecule has 0 aliphatic carbocycles. The Labute approximate surface area is 114 Å². The quantitative estimate of drug-likeness (QED) is 0.782. The Hall–Kier alpha value is -0.800. The largest absolute Gasteiger partial charge is 0.372 e. The van der Waals surface area contributed by atoms with Crippen molar-refractivity contribution in [2.45, 2.75) is 12.8 Å². The maximum atomic E-state index is 6.08. The van der Waals surface area contributed by atoms with Gasteiger partial charge in [-0.1, -0.05) is 11.6 Å². The second-order valence-corrected chi connectivity index (χ2v) is 5.52. The highest BCUT2D eigenvalue weighted by Gasteiger charge is 2.13. The van der Waals surface area contributed by atoms with Crippen LogP contribution in [-0.4, -0.2) is 18.1 Å². The molecule has 0 saturated carbocycles. The second-order valence-electron chi connectivity index (χ2n) is 4.32. The van der Waals surface area contributed by atoms with Gasteiger partial charge in [0.15, 0.2) is 0 Å². The van der Waals surface area contributed by atoms with Gasteiger partial charge in [0.2, 0.25) is 0 Å². The molecule has 1 aliphatic heterocycles. The Balaban J connectivity index is 2.13. The van der Waals surface area contributed by atoms with Crippen LogP contribution in [-0.2, 0) is 0 Å². The number of aromatic nitrogens is 1. The molecule has 0 unspecified atom stereocenters. The van der Waals surface area contributed by atoms with Gasteiger partial charge >= 0.3 is 0 Å². The minimum absolute atomic E-state index is 0.663. The van der Waals surface area contributed by atoms with Crippen molar-refractivity contribution in [1.29, 1.82) is 0 Å². The van der Waals surface area contributed by atoms with E-state index in [1.165, 1.54) is 18.5 Å². The van der Waals surface area contributed by atoms with Crippen molar-refractivity contribution >= 4 is 44.1 Å². The number of halogens is 2. The number of hydrogen-bond donors (Lipinski definition) is 0. The zero-order valence-electron chi connectivity index (χ0n) is 9.29. The molecule has 1 aromatic heterocycles. The third-order valence-electron chi connectivity index (χ3n) is 3.21. The summed E-state index contributed by atoms with van der Waals surface area (Å²) in [6, 6.07) is 6.37. The molecule has 0 spiro atoms. The van der Waals surface area contributed by atoms with Crippen LogP contribution in [0.25, 0.3) is 10.9 Å². The molecule has 2 heterocycles. The summed E-state index contributed by atoms with van der Waals surface area (Å²) in [5.41, 5.74) is 2.24. The predicted octanol–water partition coefficient (Wildman–Crippen LogP) is 4.25. The molecule has 0 N–H and O–H groups in total. The Bertz CT molecular complexity index is 565. The van der Waals surface area contributed by atoms with Gasteiger partial charge in [0.25, 0.3) is 0 Å². The maximum absolute atomic E-state index is 6.08. The highest BCUT2D eigenvalue weighted by atomic mass is 79.9. The normalized spacial score (nSPS) is 15.8. The summed E-state index contributed by atoms with van der Waals surface area (Å²) >= 11 is 9.61. The van der Waals surface area contributed by atoms with Crippen LogP contribution in [0.4, 0.5) is 5.69 Å². The van der Waals surface area contributed by atoms with Crippen molar-refractivity contribution in [1.82, 2.24) is 4.98 Å². The van der Waals surface area contributed by atoms with Crippen LogP contribution in [0.2, 0.25) is 5.02 Å². The van der Waals surface area contributed by atoms with Crippen molar-refractivity contribution in [2.75, 3.05) is 18.0 Å². The first-order valence-electron chi connectivity index (χ1n) is 5.74. The molecule has 0 amide bonds. The van der Waals surface area contributed by atoms with Gasteiger partial charge in [0.1, 0.15) is 0 Å². The third-order valence-corrected chi connectivity index (χ3v) is 4.58. The van der Waals surface area contributed by atoms with E-state index in [0.717, 1.165) is 28.5 Å². The molecule has 2 nitrogen and oxygen atoms in total. The Morgan fingerprint density at radius 2 is 2.00 bits per heavy atom. The van der Waals surface area contributed by atoms with Crippen LogP contribution in [0.5, 0.6) is 0 Å². The summed E-state index contributed by atoms with van der Waals surface area (Å²) in [7, 11) is 0. The third kappa shape index (κ3) is 2.02. The lowest BCUT2D eigenvalue weighted by atomic mass is 10.2. The zero-order chi connectivity index (χ0) is 11.8. The Morgan fingerprint density at radius 1 is 1.24 bits per heavy atom. The van der Waals surface area contributed by atoms with Gasteiger partial charge in [-0.3, -0.25) is 4.98 Å². The van der Waals surface area contributed by atoms with E-state index in [2.05, 4.69) is 44.0 Å². The minimum atomic E-state index is 0.663. The lowest BCUT2D eigenvalue weighted by molar-refractivity contribution is 0.949. The second kappa shape index (κ2) is 4.46. The molecule has 1 aliphatic rings. The standard InChI is InChI=1S/C13H12BrClN2/c14-13-10-7-9(17-5-1-2-6-17)3-4-12(10)16-8-11(13)15/h3-4,7-8H,1-2,5-6H2. The molecule has 17 heavy (non-hydrogen) atoms. The molecule has 1 aromatic carbocycles. The summed E-state index contributed by atoms with van der Waals surface area (Å²) in [4.78, 5) is 6.74. The molecule has 3 rings (SSSR count). The first kappa shape index (κ1) is 11.3. The van der Waals surface area contributed by atoms with Crippen molar-refractivity contribution in [3.05, 3.63) is 33.9 Å². The van der Waals surface area contributed by atoms with Crippen LogP contribution in [0, 0.1) is 0 Å². The van der Waals surface area contributed by atoms with Gasteiger partial charge in [-0.2, -0.15) is 0 Å². The summed E-state index contributed by atoms with van der Waals surface area (Å²) in [5, 5.41) is 1.75. The van der Waals surface area contributed by atoms with Gasteiger partial charge in [0, 0.05) is 34.8 Å². The highest BCUT2D eigenvalue weighted by Crippen LogP contribution is 2.32. The molecule has 0 atom stereocenters. The number of pyridine rings is 1. The highest BCUT2D eigenvalue weighted by molar-refractivity contribution is 9.10. The fraction of sp³-hybridized carbons (Fsp3) is 0.308. The molecule has 0 bridgehead atoms. The lowest BCUT2D eigenvalue weighted by Crippen LogP contribution is -2.17. The predicted molar refractivity (Wildman–Crippen MR) is 75.9 cm³/mol. The molecule has 4 heteroatoms. The zero-order valence-corrected chi connectivity index (χ0v) is 11.6. The summed E-state index contributed by atoms with van der Waals surface area (Å²) < 4.78 is 0.935. The fourth-order valence-electron chi connectivity index (χ4n) is 2.30. The first-order chi connectivity index (χ1) is 8.25. The van der Waals surface area contributed by atoms with Crippen LogP contribution in [0.1, 0.15) is 12.8 Å². The number of rotatable bonds is 1. The number of fused-ring (bicyclic) bond motifs is 1. The smallest absolute Gasteiger partial charge is 0.0737 e. The fourth-order valence-corrected chi connectivity index (χ4v) is 2.87. The molecular weight excluding hydrogens is 300 g/mol. The van der Waals surface area contributed by atoms with Crippen LogP contribution >= 0.6 is 27.5 Å². The van der Waals surface area contributed by atoms with Gasteiger partial charge in [-0.15, -0.1) is 0 Å². The number of nitrogens with zero attached hydrogens (tertiary/aromatic N) is 2. The van der Waals surface area contributed by atoms with Gasteiger partial charge < -0.3 is 4.90 Å². The minimum Gasteiger partial charge on any atom is -0.372 e. The first-order valence-corrected chi connectivity index (χ1v) is 6.91. The molecular formula is C13H12BrClN2. The van der Waals surface area contributed by atoms with Crippen molar-refractivity contribution in [3.63, 3.8) is 0 Å². The number of benzene rings is 1. The molecule has 2 aromatic rings. The Morgan fingerprint density at radius 3 is 2.76 bits per heavy atom. The van der Waals surface area contributed by atoms with Crippen molar-refractivity contribution in [2.24, 2.45) is 0 Å². The van der Waals surface area contributed by atoms with E-state index in [0.29, 0.717) is 5.02 Å². The van der Waals surface area contributed by atoms with Gasteiger partial charge in [-0.05, 0) is 47.0 Å². The van der Waals surface area contributed by atoms with Crippen LogP contribution in [0.15, 0.2) is 28.9 Å². The molecule has 1 fully saturated rings. The SMILES string of the molecule is Clc1cnc2ccc(N3CCCC3)cc2c1Br. The monoisotopic (exact) mass is 310 g/mol. The summed E-state index contributed by atoms with van der Waals surface area (Å²) in [6.45, 7) is 2.30. The summed E-state index contributed by atoms with van der Waals surface area (Å²) in [5.74, 6) is 0. The van der Waals surface area contributed by atoms with Crippen LogP contribution < -0.4 is 4.90 Å². The maximum Gasteiger partial charge on any atom is 0.0737 e. The number of anilines is 1. The summed E-state index contributed by atoms with van der Waals surface area (Å²) in [6.07, 6.45) is 4.25. The van der Waals surface area contributed by atoms with Crippen molar-refractivity contribution < 1.29 is 0 Å². The molecule has 0 radical (unpaired) electrons. The molecule has 1 saturated heterocycles. The van der Waals surface area contributed by atoms with Crippen LogP contribution in [0.3, 0.4) is 0 Å². The topological polar surface area (TPSA) is 16.1 Å². The average molecular weight is 312 g/mol. The van der Waals surface area contributed by atoms with E-state index in [9.17, 15) is 0 Å². The van der Waals surface area contributed by atoms with E-state index in [1.807, 2.05) is 0 Å². The van der Waals surface area contributed by atoms with E-state index in [-0.39, 0.29) is 0 Å². The van der Waals surface area contributed by atoms with E-state index >= 15 is 0 Å².